The van der Waals surface area contributed by atoms with Crippen LogP contribution in [0.4, 0.5) is 0 Å². The first-order valence-electron chi connectivity index (χ1n) is 13.2. The quantitative estimate of drug-likeness (QED) is 0.285. The second kappa shape index (κ2) is 11.9. The van der Waals surface area contributed by atoms with E-state index in [1.165, 1.54) is 16.7 Å². The van der Waals surface area contributed by atoms with Crippen LogP contribution in [0.2, 0.25) is 0 Å². The van der Waals surface area contributed by atoms with E-state index in [9.17, 15) is 4.79 Å². The maximum atomic E-state index is 13.4. The molecular formula is C33H34N2O2. The highest BCUT2D eigenvalue weighted by atomic mass is 16.5. The third kappa shape index (κ3) is 5.92. The molecule has 4 heteroatoms. The molecule has 0 N–H and O–H groups in total. The zero-order valence-corrected chi connectivity index (χ0v) is 21.4. The lowest BCUT2D eigenvalue weighted by Crippen LogP contribution is -2.53. The Kier molecular flexibility index (Phi) is 7.97. The summed E-state index contributed by atoms with van der Waals surface area (Å²) in [5.41, 5.74) is 4.86. The van der Waals surface area contributed by atoms with Gasteiger partial charge < -0.3 is 9.64 Å². The van der Waals surface area contributed by atoms with Gasteiger partial charge >= 0.3 is 0 Å². The topological polar surface area (TPSA) is 32.8 Å². The molecule has 0 aromatic heterocycles. The zero-order chi connectivity index (χ0) is 25.5. The van der Waals surface area contributed by atoms with Gasteiger partial charge in [0, 0.05) is 26.2 Å². The summed E-state index contributed by atoms with van der Waals surface area (Å²) in [5.74, 6) is 0.803. The Bertz CT molecular complexity index is 1210. The smallest absolute Gasteiger partial charge is 0.263 e. The minimum Gasteiger partial charge on any atom is -0.481 e. The van der Waals surface area contributed by atoms with Gasteiger partial charge in [0.1, 0.15) is 5.75 Å². The molecule has 0 aliphatic carbocycles. The fourth-order valence-corrected chi connectivity index (χ4v) is 5.12. The van der Waals surface area contributed by atoms with Gasteiger partial charge in [0.15, 0.2) is 6.10 Å². The van der Waals surface area contributed by atoms with Gasteiger partial charge in [-0.25, -0.2) is 0 Å². The molecule has 1 unspecified atom stereocenters. The Labute approximate surface area is 220 Å². The number of ether oxygens (including phenoxy) is 1. The molecule has 37 heavy (non-hydrogen) atoms. The summed E-state index contributed by atoms with van der Waals surface area (Å²) in [6.07, 6.45) is 0.157. The lowest BCUT2D eigenvalue weighted by Gasteiger charge is -2.40. The third-order valence-corrected chi connectivity index (χ3v) is 7.11. The second-order valence-electron chi connectivity index (χ2n) is 9.49. The van der Waals surface area contributed by atoms with E-state index in [2.05, 4.69) is 77.7 Å². The summed E-state index contributed by atoms with van der Waals surface area (Å²) >= 11 is 0. The molecule has 1 aliphatic heterocycles. The molecule has 1 aliphatic rings. The minimum absolute atomic E-state index is 0.0743. The predicted molar refractivity (Wildman–Crippen MR) is 149 cm³/mol. The highest BCUT2D eigenvalue weighted by Crippen LogP contribution is 2.30. The fourth-order valence-electron chi connectivity index (χ4n) is 5.12. The van der Waals surface area contributed by atoms with Gasteiger partial charge in [-0.2, -0.15) is 0 Å². The molecule has 0 bridgehead atoms. The van der Waals surface area contributed by atoms with E-state index in [4.69, 9.17) is 4.74 Å². The molecule has 1 heterocycles. The molecule has 1 amide bonds. The molecular weight excluding hydrogens is 456 g/mol. The van der Waals surface area contributed by atoms with Crippen LogP contribution >= 0.6 is 0 Å². The molecule has 1 atom stereocenters. The number of amides is 1. The summed E-state index contributed by atoms with van der Waals surface area (Å²) in [7, 11) is 0. The fraction of sp³-hybridized carbons (Fsp3) is 0.242. The molecule has 5 rings (SSSR count). The molecule has 4 nitrogen and oxygen atoms in total. The van der Waals surface area contributed by atoms with Crippen LogP contribution in [0.3, 0.4) is 0 Å². The largest absolute Gasteiger partial charge is 0.481 e. The summed E-state index contributed by atoms with van der Waals surface area (Å²) < 4.78 is 6.18. The minimum atomic E-state index is -0.479. The van der Waals surface area contributed by atoms with Crippen molar-refractivity contribution in [3.63, 3.8) is 0 Å². The lowest BCUT2D eigenvalue weighted by molar-refractivity contribution is -0.140. The first-order valence-corrected chi connectivity index (χ1v) is 13.2. The van der Waals surface area contributed by atoms with Crippen LogP contribution < -0.4 is 4.74 Å². The van der Waals surface area contributed by atoms with Crippen molar-refractivity contribution in [3.8, 4) is 16.9 Å². The van der Waals surface area contributed by atoms with Crippen LogP contribution in [0.15, 0.2) is 115 Å². The van der Waals surface area contributed by atoms with Crippen molar-refractivity contribution in [2.45, 2.75) is 25.5 Å². The van der Waals surface area contributed by atoms with Gasteiger partial charge in [-0.3, -0.25) is 9.69 Å². The van der Waals surface area contributed by atoms with E-state index < -0.39 is 6.10 Å². The molecule has 0 radical (unpaired) electrons. The maximum Gasteiger partial charge on any atom is 0.263 e. The van der Waals surface area contributed by atoms with Gasteiger partial charge in [-0.1, -0.05) is 110 Å². The number of rotatable bonds is 8. The third-order valence-electron chi connectivity index (χ3n) is 7.11. The van der Waals surface area contributed by atoms with Gasteiger partial charge in [-0.05, 0) is 40.8 Å². The average Bonchev–Trinajstić information content (AvgIpc) is 2.98. The van der Waals surface area contributed by atoms with E-state index in [1.807, 2.05) is 54.3 Å². The van der Waals surface area contributed by atoms with Crippen LogP contribution in [0, 0.1) is 0 Å². The van der Waals surface area contributed by atoms with E-state index in [0.717, 1.165) is 24.4 Å². The number of carbonyl (C=O) groups is 1. The number of carbonyl (C=O) groups excluding carboxylic acids is 1. The normalized spacial score (nSPS) is 14.9. The predicted octanol–water partition coefficient (Wildman–Crippen LogP) is 6.44. The van der Waals surface area contributed by atoms with Crippen molar-refractivity contribution in [3.05, 3.63) is 126 Å². The first kappa shape index (κ1) is 24.8. The zero-order valence-electron chi connectivity index (χ0n) is 21.4. The summed E-state index contributed by atoms with van der Waals surface area (Å²) in [4.78, 5) is 17.9. The summed E-state index contributed by atoms with van der Waals surface area (Å²) in [5, 5.41) is 0. The Balaban J connectivity index is 1.23. The van der Waals surface area contributed by atoms with Gasteiger partial charge in [-0.15, -0.1) is 0 Å². The average molecular weight is 491 g/mol. The number of nitrogens with zero attached hydrogens (tertiary/aromatic N) is 2. The van der Waals surface area contributed by atoms with Gasteiger partial charge in [0.05, 0.1) is 6.04 Å². The Morgan fingerprint density at radius 2 is 1.16 bits per heavy atom. The molecule has 188 valence electrons. The van der Waals surface area contributed by atoms with Crippen LogP contribution in [-0.4, -0.2) is 48.0 Å². The number of piperazine rings is 1. The molecule has 0 spiro atoms. The molecule has 0 saturated carbocycles. The van der Waals surface area contributed by atoms with Crippen LogP contribution in [-0.2, 0) is 4.79 Å². The van der Waals surface area contributed by atoms with Gasteiger partial charge in [0.2, 0.25) is 0 Å². The van der Waals surface area contributed by atoms with E-state index in [1.54, 1.807) is 0 Å². The van der Waals surface area contributed by atoms with Crippen molar-refractivity contribution in [2.24, 2.45) is 0 Å². The van der Waals surface area contributed by atoms with Crippen LogP contribution in [0.25, 0.3) is 11.1 Å². The first-order chi connectivity index (χ1) is 18.2. The highest BCUT2D eigenvalue weighted by molar-refractivity contribution is 5.81. The van der Waals surface area contributed by atoms with Crippen molar-refractivity contribution in [2.75, 3.05) is 26.2 Å². The Hall–Kier alpha value is -3.89. The van der Waals surface area contributed by atoms with Crippen molar-refractivity contribution in [1.82, 2.24) is 9.80 Å². The second-order valence-corrected chi connectivity index (χ2v) is 9.49. The monoisotopic (exact) mass is 490 g/mol. The van der Waals surface area contributed by atoms with E-state index >= 15 is 0 Å². The van der Waals surface area contributed by atoms with Gasteiger partial charge in [0.25, 0.3) is 5.91 Å². The summed E-state index contributed by atoms with van der Waals surface area (Å²) in [6, 6.07) is 39.7. The number of hydrogen-bond acceptors (Lipinski definition) is 3. The van der Waals surface area contributed by atoms with Crippen LogP contribution in [0.5, 0.6) is 5.75 Å². The Morgan fingerprint density at radius 1 is 0.676 bits per heavy atom. The lowest BCUT2D eigenvalue weighted by atomic mass is 9.96. The standard InChI is InChI=1S/C33H34N2O2/c1-2-31(37-30-20-18-27(19-21-30)26-12-6-3-7-13-26)33(36)35-24-22-34(23-25-35)32(28-14-8-4-9-15-28)29-16-10-5-11-17-29/h3-21,31-32H,2,22-25H2,1H3. The Morgan fingerprint density at radius 3 is 1.68 bits per heavy atom. The highest BCUT2D eigenvalue weighted by Gasteiger charge is 2.31. The molecule has 4 aromatic rings. The van der Waals surface area contributed by atoms with Crippen molar-refractivity contribution >= 4 is 5.91 Å². The van der Waals surface area contributed by atoms with E-state index in [-0.39, 0.29) is 11.9 Å². The number of hydrogen-bond donors (Lipinski definition) is 0. The van der Waals surface area contributed by atoms with Crippen molar-refractivity contribution in [1.29, 1.82) is 0 Å². The van der Waals surface area contributed by atoms with Crippen molar-refractivity contribution < 1.29 is 9.53 Å². The molecule has 4 aromatic carbocycles. The summed E-state index contributed by atoms with van der Waals surface area (Å²) in [6.45, 7) is 5.05. The maximum absolute atomic E-state index is 13.4. The molecule has 1 fully saturated rings. The van der Waals surface area contributed by atoms with E-state index in [0.29, 0.717) is 19.5 Å². The SMILES string of the molecule is CCC(Oc1ccc(-c2ccccc2)cc1)C(=O)N1CCN(C(c2ccccc2)c2ccccc2)CC1. The van der Waals surface area contributed by atoms with Crippen LogP contribution in [0.1, 0.15) is 30.5 Å². The number of benzene rings is 4. The molecule has 1 saturated heterocycles.